The van der Waals surface area contributed by atoms with Gasteiger partial charge in [0, 0.05) is 16.9 Å². The number of benzene rings is 2. The van der Waals surface area contributed by atoms with Crippen molar-refractivity contribution in [1.29, 1.82) is 0 Å². The van der Waals surface area contributed by atoms with E-state index in [2.05, 4.69) is 52.8 Å². The number of methoxy groups -OCH3 is 2. The quantitative estimate of drug-likeness (QED) is 0.444. The van der Waals surface area contributed by atoms with Gasteiger partial charge in [0.15, 0.2) is 8.32 Å². The molecule has 3 rings (SSSR count). The Balaban J connectivity index is 0.00000289. The Bertz CT molecular complexity index is 966. The molecule has 0 spiro atoms. The van der Waals surface area contributed by atoms with Gasteiger partial charge in [-0.05, 0) is 62.2 Å². The van der Waals surface area contributed by atoms with E-state index >= 15 is 0 Å². The van der Waals surface area contributed by atoms with Crippen molar-refractivity contribution in [3.63, 3.8) is 0 Å². The fraction of sp³-hybridized carbons (Fsp3) is 0.556. The van der Waals surface area contributed by atoms with Gasteiger partial charge in [-0.15, -0.1) is 5.76 Å². The third kappa shape index (κ3) is 6.14. The molecule has 1 aliphatic carbocycles. The molecular formula is C27H39BrMgO4Si. The molecule has 0 aliphatic heterocycles. The molecule has 184 valence electrons. The fourth-order valence-electron chi connectivity index (χ4n) is 5.55. The van der Waals surface area contributed by atoms with Crippen molar-refractivity contribution in [3.05, 3.63) is 47.7 Å². The molecule has 7 heteroatoms. The first-order valence-electron chi connectivity index (χ1n) is 12.0. The van der Waals surface area contributed by atoms with Crippen LogP contribution in [0.5, 0.6) is 11.5 Å². The Kier molecular flexibility index (Phi) is 12.0. The molecule has 2 aromatic carbocycles. The molecule has 0 unspecified atom stereocenters. The van der Waals surface area contributed by atoms with Crippen molar-refractivity contribution in [2.75, 3.05) is 14.2 Å². The molecule has 0 radical (unpaired) electrons. The van der Waals surface area contributed by atoms with E-state index in [4.69, 9.17) is 13.9 Å². The topological polar surface area (TPSA) is 50.8 Å². The minimum absolute atomic E-state index is 0. The van der Waals surface area contributed by atoms with E-state index in [0.29, 0.717) is 6.42 Å². The van der Waals surface area contributed by atoms with E-state index in [1.165, 1.54) is 0 Å². The molecule has 0 heterocycles. The zero-order valence-corrected chi connectivity index (χ0v) is 25.9. The van der Waals surface area contributed by atoms with E-state index in [1.807, 2.05) is 18.2 Å². The number of fused-ring (bicyclic) bond motifs is 1. The number of halogens is 1. The van der Waals surface area contributed by atoms with Crippen LogP contribution in [0.4, 0.5) is 0 Å². The first kappa shape index (κ1) is 31.3. The van der Waals surface area contributed by atoms with Gasteiger partial charge in [0.2, 0.25) is 0 Å². The Morgan fingerprint density at radius 3 is 2.21 bits per heavy atom. The Morgan fingerprint density at radius 2 is 1.65 bits per heavy atom. The van der Waals surface area contributed by atoms with Gasteiger partial charge in [0.05, 0.1) is 19.8 Å². The molecule has 0 saturated heterocycles. The van der Waals surface area contributed by atoms with Crippen LogP contribution in [0.3, 0.4) is 0 Å². The average Bonchev–Trinajstić information content (AvgIpc) is 2.81. The molecule has 2 aromatic rings. The minimum Gasteiger partial charge on any atom is -1.00 e. The van der Waals surface area contributed by atoms with Crippen LogP contribution in [-0.4, -0.2) is 51.2 Å². The van der Waals surface area contributed by atoms with Gasteiger partial charge >= 0.3 is 23.1 Å². The summed E-state index contributed by atoms with van der Waals surface area (Å²) in [5.41, 5.74) is 0.595. The number of hydrogen-bond acceptors (Lipinski definition) is 4. The van der Waals surface area contributed by atoms with E-state index in [9.17, 15) is 5.11 Å². The molecule has 2 atom stereocenters. The molecule has 1 aliphatic rings. The summed E-state index contributed by atoms with van der Waals surface area (Å²) >= 11 is 0. The van der Waals surface area contributed by atoms with E-state index in [-0.39, 0.29) is 63.2 Å². The largest absolute Gasteiger partial charge is 2.00 e. The van der Waals surface area contributed by atoms with Crippen molar-refractivity contribution in [2.45, 2.75) is 77.1 Å². The first-order valence-corrected chi connectivity index (χ1v) is 14.5. The number of hydrogen-bond donors (Lipinski definition) is 0. The summed E-state index contributed by atoms with van der Waals surface area (Å²) in [6.45, 7) is 11.2. The SMILES string of the molecule is CC[Si](CC)(CC)OC(C)(C)[C@@H]1CCC([O-])=C[C@H]1c1c(OC)cc2ccccc2c1OC.[Br-].[Mg+2]. The summed E-state index contributed by atoms with van der Waals surface area (Å²) in [5.74, 6) is 1.77. The van der Waals surface area contributed by atoms with Crippen molar-refractivity contribution in [3.8, 4) is 11.5 Å². The van der Waals surface area contributed by atoms with E-state index in [0.717, 1.165) is 52.4 Å². The maximum atomic E-state index is 12.7. The molecule has 0 saturated carbocycles. The number of allylic oxidation sites excluding steroid dienone is 2. The van der Waals surface area contributed by atoms with Gasteiger partial charge < -0.3 is 36.0 Å². The maximum Gasteiger partial charge on any atom is 2.00 e. The fourth-order valence-corrected chi connectivity index (χ4v) is 8.75. The monoisotopic (exact) mass is 558 g/mol. The van der Waals surface area contributed by atoms with Crippen LogP contribution in [0.15, 0.2) is 42.2 Å². The van der Waals surface area contributed by atoms with Crippen LogP contribution in [0.1, 0.15) is 58.9 Å². The van der Waals surface area contributed by atoms with Crippen molar-refractivity contribution < 1.29 is 36.0 Å². The molecular weight excluding hydrogens is 521 g/mol. The molecule has 0 amide bonds. The van der Waals surface area contributed by atoms with Gasteiger partial charge in [-0.1, -0.05) is 51.1 Å². The Morgan fingerprint density at radius 1 is 1.03 bits per heavy atom. The standard InChI is InChI=1S/C27H40O4Si.BrH.Mg/c1-8-32(9-2,10-3)31-27(4,5)23-16-15-20(28)18-22(23)25-24(29-6)17-19-13-11-12-14-21(19)26(25)30-7;;/h11-14,17-18,22-23,28H,8-10,15-16H2,1-7H3;1H;/q;;+2/p-2/t22-,23-;;/m1../s1. The average molecular weight is 560 g/mol. The van der Waals surface area contributed by atoms with Crippen LogP contribution >= 0.6 is 0 Å². The summed E-state index contributed by atoms with van der Waals surface area (Å²) in [4.78, 5) is 0. The van der Waals surface area contributed by atoms with Crippen LogP contribution < -0.4 is 31.6 Å². The van der Waals surface area contributed by atoms with Crippen LogP contribution in [0, 0.1) is 5.92 Å². The molecule has 0 fully saturated rings. The van der Waals surface area contributed by atoms with Gasteiger partial charge in [0.25, 0.3) is 0 Å². The van der Waals surface area contributed by atoms with Crippen molar-refractivity contribution in [2.24, 2.45) is 5.92 Å². The Hall–Kier alpha value is -0.737. The third-order valence-corrected chi connectivity index (χ3v) is 12.4. The molecule has 0 N–H and O–H groups in total. The van der Waals surface area contributed by atoms with Gasteiger partial charge in [-0.3, -0.25) is 0 Å². The minimum atomic E-state index is -1.83. The normalized spacial score (nSPS) is 18.5. The van der Waals surface area contributed by atoms with Crippen molar-refractivity contribution >= 4 is 42.1 Å². The van der Waals surface area contributed by atoms with E-state index in [1.54, 1.807) is 14.2 Å². The predicted octanol–water partition coefficient (Wildman–Crippen LogP) is 3.02. The van der Waals surface area contributed by atoms with Gasteiger partial charge in [-0.25, -0.2) is 0 Å². The zero-order valence-electron chi connectivity index (χ0n) is 21.9. The second-order valence-electron chi connectivity index (χ2n) is 9.50. The van der Waals surface area contributed by atoms with Crippen LogP contribution in [0.25, 0.3) is 10.8 Å². The Labute approximate surface area is 233 Å². The molecule has 0 aromatic heterocycles. The van der Waals surface area contributed by atoms with Gasteiger partial charge in [0.1, 0.15) is 11.5 Å². The summed E-state index contributed by atoms with van der Waals surface area (Å²) in [7, 11) is 1.56. The van der Waals surface area contributed by atoms with Crippen molar-refractivity contribution in [1.82, 2.24) is 0 Å². The maximum absolute atomic E-state index is 12.7. The number of ether oxygens (including phenoxy) is 2. The van der Waals surface area contributed by atoms with E-state index < -0.39 is 8.32 Å². The smallest absolute Gasteiger partial charge is 1.00 e. The second kappa shape index (κ2) is 13.0. The summed E-state index contributed by atoms with van der Waals surface area (Å²) < 4.78 is 18.9. The molecule has 4 nitrogen and oxygen atoms in total. The zero-order chi connectivity index (χ0) is 23.5. The van der Waals surface area contributed by atoms with Crippen LogP contribution in [-0.2, 0) is 4.43 Å². The van der Waals surface area contributed by atoms with Gasteiger partial charge in [-0.2, -0.15) is 0 Å². The second-order valence-corrected chi connectivity index (χ2v) is 14.2. The first-order chi connectivity index (χ1) is 15.3. The predicted molar refractivity (Wildman–Crippen MR) is 139 cm³/mol. The summed E-state index contributed by atoms with van der Waals surface area (Å²) in [6.07, 6.45) is 3.25. The number of rotatable bonds is 9. The summed E-state index contributed by atoms with van der Waals surface area (Å²) in [5, 5.41) is 14.8. The third-order valence-electron chi connectivity index (χ3n) is 7.57. The molecule has 0 bridgehead atoms. The van der Waals surface area contributed by atoms with Crippen LogP contribution in [0.2, 0.25) is 18.1 Å². The summed E-state index contributed by atoms with van der Waals surface area (Å²) in [6, 6.07) is 13.5. The molecule has 34 heavy (non-hydrogen) atoms.